The molecule has 1 aliphatic rings. The summed E-state index contributed by atoms with van der Waals surface area (Å²) in [6, 6.07) is 12.0. The molecule has 0 amide bonds. The minimum Gasteiger partial charge on any atom is -0.493 e. The van der Waals surface area contributed by atoms with Crippen molar-refractivity contribution in [3.05, 3.63) is 64.3 Å². The van der Waals surface area contributed by atoms with Gasteiger partial charge in [0.1, 0.15) is 11.4 Å². The lowest BCUT2D eigenvalue weighted by Gasteiger charge is -2.12. The molecule has 0 atom stereocenters. The van der Waals surface area contributed by atoms with Crippen LogP contribution in [0.2, 0.25) is 0 Å². The van der Waals surface area contributed by atoms with E-state index in [2.05, 4.69) is 24.0 Å². The predicted molar refractivity (Wildman–Crippen MR) is 102 cm³/mol. The molecule has 0 unspecified atom stereocenters. The third-order valence-electron chi connectivity index (χ3n) is 5.33. The lowest BCUT2D eigenvalue weighted by Crippen LogP contribution is -2.05. The molecule has 0 saturated heterocycles. The van der Waals surface area contributed by atoms with Crippen LogP contribution in [0.4, 0.5) is 0 Å². The smallest absolute Gasteiger partial charge is 0.352 e. The molecule has 134 valence electrons. The van der Waals surface area contributed by atoms with Crippen LogP contribution in [0.3, 0.4) is 0 Å². The zero-order chi connectivity index (χ0) is 18.1. The molecule has 4 heteroatoms. The average Bonchev–Trinajstić information content (AvgIpc) is 3.26. The molecule has 4 rings (SSSR count). The van der Waals surface area contributed by atoms with Crippen LogP contribution in [0, 0.1) is 6.92 Å². The number of carbonyl (C=O) groups is 1. The van der Waals surface area contributed by atoms with Gasteiger partial charge in [0.05, 0.1) is 6.61 Å². The molecule has 4 nitrogen and oxygen atoms in total. The fraction of sp³-hybridized carbons (Fsp3) is 0.318. The second kappa shape index (κ2) is 6.87. The average molecular weight is 349 g/mol. The van der Waals surface area contributed by atoms with Crippen molar-refractivity contribution >= 4 is 16.9 Å². The summed E-state index contributed by atoms with van der Waals surface area (Å²) < 4.78 is 6.06. The topological polar surface area (TPSA) is 62.3 Å². The minimum absolute atomic E-state index is 0.294. The molecule has 1 aliphatic carbocycles. The Morgan fingerprint density at radius 1 is 1.15 bits per heavy atom. The molecule has 0 radical (unpaired) electrons. The Balaban J connectivity index is 1.46. The quantitative estimate of drug-likeness (QED) is 0.636. The van der Waals surface area contributed by atoms with Gasteiger partial charge in [0.2, 0.25) is 0 Å². The number of aromatic nitrogens is 1. The Labute approximate surface area is 152 Å². The summed E-state index contributed by atoms with van der Waals surface area (Å²) in [4.78, 5) is 14.6. The Bertz CT molecular complexity index is 971. The summed E-state index contributed by atoms with van der Waals surface area (Å²) in [6.45, 7) is 2.76. The molecule has 2 aromatic carbocycles. The van der Waals surface area contributed by atoms with Crippen LogP contribution >= 0.6 is 0 Å². The normalized spacial score (nSPS) is 13.1. The first kappa shape index (κ1) is 16.7. The highest BCUT2D eigenvalue weighted by molar-refractivity contribution is 5.97. The first-order valence-electron chi connectivity index (χ1n) is 9.22. The summed E-state index contributed by atoms with van der Waals surface area (Å²) in [5, 5.41) is 10.5. The Kier molecular flexibility index (Phi) is 4.41. The van der Waals surface area contributed by atoms with E-state index < -0.39 is 5.97 Å². The first-order valence-corrected chi connectivity index (χ1v) is 9.22. The minimum atomic E-state index is -0.909. The second-order valence-electron chi connectivity index (χ2n) is 6.97. The number of aromatic amines is 1. The first-order chi connectivity index (χ1) is 12.6. The highest BCUT2D eigenvalue weighted by atomic mass is 16.5. The summed E-state index contributed by atoms with van der Waals surface area (Å²) in [5.41, 5.74) is 6.20. The number of para-hydroxylation sites is 1. The van der Waals surface area contributed by atoms with Crippen molar-refractivity contribution in [3.8, 4) is 5.75 Å². The van der Waals surface area contributed by atoms with E-state index in [-0.39, 0.29) is 0 Å². The van der Waals surface area contributed by atoms with Crippen LogP contribution in [0.25, 0.3) is 10.9 Å². The van der Waals surface area contributed by atoms with Gasteiger partial charge in [0.25, 0.3) is 0 Å². The van der Waals surface area contributed by atoms with E-state index in [9.17, 15) is 9.90 Å². The monoisotopic (exact) mass is 349 g/mol. The summed E-state index contributed by atoms with van der Waals surface area (Å²) in [5.74, 6) is 0.0916. The van der Waals surface area contributed by atoms with E-state index in [1.165, 1.54) is 23.1 Å². The number of carboxylic acids is 1. The van der Waals surface area contributed by atoms with E-state index in [1.807, 2.05) is 24.3 Å². The predicted octanol–water partition coefficient (Wildman–Crippen LogP) is 4.67. The Morgan fingerprint density at radius 3 is 2.81 bits per heavy atom. The van der Waals surface area contributed by atoms with Crippen LogP contribution in [-0.4, -0.2) is 22.7 Å². The number of fused-ring (bicyclic) bond motifs is 2. The fourth-order valence-electron chi connectivity index (χ4n) is 4.06. The number of nitrogens with one attached hydrogen (secondary N) is 1. The molecule has 1 aromatic heterocycles. The van der Waals surface area contributed by atoms with Gasteiger partial charge in [-0.2, -0.15) is 0 Å². The SMILES string of the molecule is Cc1ccc(OCCCc2c(C(=O)O)[nH]c3ccccc23)c2c1CCC2. The molecule has 0 fully saturated rings. The largest absolute Gasteiger partial charge is 0.493 e. The van der Waals surface area contributed by atoms with E-state index in [4.69, 9.17) is 4.74 Å². The van der Waals surface area contributed by atoms with Gasteiger partial charge in [-0.25, -0.2) is 4.79 Å². The molecule has 1 heterocycles. The summed E-state index contributed by atoms with van der Waals surface area (Å²) in [7, 11) is 0. The number of hydrogen-bond acceptors (Lipinski definition) is 2. The standard InChI is InChI=1S/C22H23NO3/c1-14-11-12-20(17-8-4-7-15(14)17)26-13-5-9-18-16-6-2-3-10-19(16)23-21(18)22(24)25/h2-3,6,10-12,23H,4-5,7-9,13H2,1H3,(H,24,25). The van der Waals surface area contributed by atoms with Crippen LogP contribution in [0.15, 0.2) is 36.4 Å². The maximum absolute atomic E-state index is 11.5. The maximum Gasteiger partial charge on any atom is 0.352 e. The fourth-order valence-corrected chi connectivity index (χ4v) is 4.06. The number of aryl methyl sites for hydroxylation is 2. The number of ether oxygens (including phenoxy) is 1. The maximum atomic E-state index is 11.5. The molecule has 3 aromatic rings. The zero-order valence-electron chi connectivity index (χ0n) is 15.0. The van der Waals surface area contributed by atoms with Crippen LogP contribution in [-0.2, 0) is 19.3 Å². The van der Waals surface area contributed by atoms with E-state index in [0.29, 0.717) is 18.7 Å². The van der Waals surface area contributed by atoms with Gasteiger partial charge in [-0.1, -0.05) is 24.3 Å². The van der Waals surface area contributed by atoms with Crippen molar-refractivity contribution in [1.29, 1.82) is 0 Å². The number of carboxylic acid groups (broad SMARTS) is 1. The van der Waals surface area contributed by atoms with Crippen LogP contribution in [0.1, 0.15) is 45.6 Å². The van der Waals surface area contributed by atoms with Crippen molar-refractivity contribution < 1.29 is 14.6 Å². The molecule has 0 bridgehead atoms. The van der Waals surface area contributed by atoms with Gasteiger partial charge in [-0.15, -0.1) is 0 Å². The van der Waals surface area contributed by atoms with Crippen LogP contribution in [0.5, 0.6) is 5.75 Å². The van der Waals surface area contributed by atoms with Gasteiger partial charge >= 0.3 is 5.97 Å². The van der Waals surface area contributed by atoms with Gasteiger partial charge < -0.3 is 14.8 Å². The highest BCUT2D eigenvalue weighted by Gasteiger charge is 2.19. The third kappa shape index (κ3) is 2.96. The van der Waals surface area contributed by atoms with Crippen molar-refractivity contribution in [1.82, 2.24) is 4.98 Å². The number of H-pyrrole nitrogens is 1. The van der Waals surface area contributed by atoms with Crippen molar-refractivity contribution in [2.75, 3.05) is 6.61 Å². The van der Waals surface area contributed by atoms with Crippen molar-refractivity contribution in [2.24, 2.45) is 0 Å². The van der Waals surface area contributed by atoms with Gasteiger partial charge in [-0.05, 0) is 73.4 Å². The van der Waals surface area contributed by atoms with Gasteiger partial charge in [-0.3, -0.25) is 0 Å². The molecular formula is C22H23NO3. The highest BCUT2D eigenvalue weighted by Crippen LogP contribution is 2.33. The molecule has 26 heavy (non-hydrogen) atoms. The lowest BCUT2D eigenvalue weighted by atomic mass is 10.0. The van der Waals surface area contributed by atoms with Crippen molar-refractivity contribution in [3.63, 3.8) is 0 Å². The summed E-state index contributed by atoms with van der Waals surface area (Å²) in [6.07, 6.45) is 4.91. The molecule has 0 spiro atoms. The number of aromatic carboxylic acids is 1. The molecule has 0 saturated carbocycles. The number of benzene rings is 2. The van der Waals surface area contributed by atoms with E-state index >= 15 is 0 Å². The van der Waals surface area contributed by atoms with Crippen LogP contribution < -0.4 is 4.74 Å². The Hall–Kier alpha value is -2.75. The van der Waals surface area contributed by atoms with Crippen molar-refractivity contribution in [2.45, 2.75) is 39.0 Å². The number of rotatable bonds is 6. The zero-order valence-corrected chi connectivity index (χ0v) is 15.0. The molecule has 0 aliphatic heterocycles. The lowest BCUT2D eigenvalue weighted by molar-refractivity contribution is 0.0690. The van der Waals surface area contributed by atoms with E-state index in [0.717, 1.165) is 41.5 Å². The van der Waals surface area contributed by atoms with Gasteiger partial charge in [0.15, 0.2) is 0 Å². The van der Waals surface area contributed by atoms with E-state index in [1.54, 1.807) is 0 Å². The second-order valence-corrected chi connectivity index (χ2v) is 6.97. The molecule has 2 N–H and O–H groups in total. The van der Waals surface area contributed by atoms with Gasteiger partial charge in [0, 0.05) is 10.9 Å². The number of hydrogen-bond donors (Lipinski definition) is 2. The Morgan fingerprint density at radius 2 is 1.96 bits per heavy atom. The summed E-state index contributed by atoms with van der Waals surface area (Å²) >= 11 is 0. The molecular weight excluding hydrogens is 326 g/mol. The third-order valence-corrected chi connectivity index (χ3v) is 5.33.